The zero-order valence-corrected chi connectivity index (χ0v) is 20.9. The maximum atomic E-state index is 10.6. The standard InChI is InChI=1S/C22H31NO8.Na/c1-11(7-18-23-9-15(30-18)4-5-19(25)26)6-16-21(28)20(27)14(10-29-16)8-17-22(31-17)12(2)13(3)24;/h4-5,7,9,12-14,16-17,20-22,24,27-28H,6,8,10H2,1-3H3,(H,25,26);/q;+1/p-1/b5-4+,11-7+;/t12-,13-,14-,16-,17-,20+,21-,22-;/m0./s1. The van der Waals surface area contributed by atoms with Crippen LogP contribution >= 0.6 is 0 Å². The van der Waals surface area contributed by atoms with Crippen LogP contribution in [0, 0.1) is 11.8 Å². The predicted molar refractivity (Wildman–Crippen MR) is 108 cm³/mol. The summed E-state index contributed by atoms with van der Waals surface area (Å²) in [5.41, 5.74) is 0.823. The van der Waals surface area contributed by atoms with Gasteiger partial charge < -0.3 is 39.1 Å². The number of aliphatic hydroxyl groups is 3. The minimum atomic E-state index is -1.33. The molecule has 0 bridgehead atoms. The molecule has 1 aromatic heterocycles. The Morgan fingerprint density at radius 2 is 2.03 bits per heavy atom. The van der Waals surface area contributed by atoms with Crippen LogP contribution in [-0.2, 0) is 14.3 Å². The number of ether oxygens (including phenoxy) is 2. The molecule has 3 N–H and O–H groups in total. The van der Waals surface area contributed by atoms with Gasteiger partial charge in [-0.2, -0.15) is 0 Å². The first-order chi connectivity index (χ1) is 14.7. The second-order valence-electron chi connectivity index (χ2n) is 8.54. The van der Waals surface area contributed by atoms with E-state index in [-0.39, 0.29) is 59.4 Å². The van der Waals surface area contributed by atoms with Gasteiger partial charge in [0, 0.05) is 11.8 Å². The minimum absolute atomic E-state index is 0. The Morgan fingerprint density at radius 3 is 2.69 bits per heavy atom. The number of epoxide rings is 1. The van der Waals surface area contributed by atoms with Gasteiger partial charge in [-0.25, -0.2) is 4.98 Å². The van der Waals surface area contributed by atoms with Crippen LogP contribution in [0.15, 0.2) is 22.3 Å². The minimum Gasteiger partial charge on any atom is -0.545 e. The molecule has 2 fully saturated rings. The molecule has 2 aliphatic rings. The summed E-state index contributed by atoms with van der Waals surface area (Å²) in [4.78, 5) is 14.5. The molecule has 172 valence electrons. The van der Waals surface area contributed by atoms with Crippen LogP contribution in [-0.4, -0.2) is 69.5 Å². The van der Waals surface area contributed by atoms with Gasteiger partial charge in [0.1, 0.15) is 11.9 Å². The van der Waals surface area contributed by atoms with Crippen molar-refractivity contribution < 1.29 is 68.7 Å². The molecule has 9 nitrogen and oxygen atoms in total. The molecular formula is C22H30NNaO8. The largest absolute Gasteiger partial charge is 1.00 e. The number of aromatic nitrogens is 1. The summed E-state index contributed by atoms with van der Waals surface area (Å²) in [7, 11) is 0. The summed E-state index contributed by atoms with van der Waals surface area (Å²) in [6.07, 6.45) is 3.04. The molecule has 0 amide bonds. The number of aliphatic carboxylic acids is 1. The number of hydrogen-bond acceptors (Lipinski definition) is 9. The Hall–Kier alpha value is -1.04. The average Bonchev–Trinajstić information content (AvgIpc) is 3.33. The molecule has 1 aromatic rings. The van der Waals surface area contributed by atoms with Crippen LogP contribution in [0.3, 0.4) is 0 Å². The number of carboxylic acid groups (broad SMARTS) is 1. The van der Waals surface area contributed by atoms with Gasteiger partial charge in [-0.05, 0) is 44.9 Å². The quantitative estimate of drug-likeness (QED) is 0.201. The summed E-state index contributed by atoms with van der Waals surface area (Å²) in [5.74, 6) is -0.976. The van der Waals surface area contributed by atoms with E-state index < -0.39 is 30.4 Å². The van der Waals surface area contributed by atoms with Crippen LogP contribution in [0.25, 0.3) is 12.2 Å². The smallest absolute Gasteiger partial charge is 0.545 e. The van der Waals surface area contributed by atoms with E-state index in [0.29, 0.717) is 25.3 Å². The van der Waals surface area contributed by atoms with E-state index in [1.807, 2.05) is 13.8 Å². The number of aliphatic hydroxyl groups excluding tert-OH is 3. The van der Waals surface area contributed by atoms with Gasteiger partial charge in [0.15, 0.2) is 0 Å². The van der Waals surface area contributed by atoms with Crippen LogP contribution in [0.5, 0.6) is 0 Å². The first-order valence-electron chi connectivity index (χ1n) is 10.5. The molecule has 32 heavy (non-hydrogen) atoms. The summed E-state index contributed by atoms with van der Waals surface area (Å²) >= 11 is 0. The first-order valence-corrected chi connectivity index (χ1v) is 10.5. The van der Waals surface area contributed by atoms with E-state index >= 15 is 0 Å². The van der Waals surface area contributed by atoms with Gasteiger partial charge in [0.2, 0.25) is 5.89 Å². The molecule has 10 heteroatoms. The van der Waals surface area contributed by atoms with Gasteiger partial charge in [-0.1, -0.05) is 12.5 Å². The SMILES string of the molecule is C/C(=C\c1ncc(/C=C/C(=O)[O-])o1)C[C@@H]1OC[C@H](C[C@@H]2O[C@H]2[C@@H](C)[C@H](C)O)[C@@H](O)[C@H]1O.[Na+]. The molecule has 2 aliphatic heterocycles. The van der Waals surface area contributed by atoms with Crippen molar-refractivity contribution in [2.24, 2.45) is 11.8 Å². The number of carboxylic acids is 1. The number of carbonyl (C=O) groups is 1. The van der Waals surface area contributed by atoms with Crippen molar-refractivity contribution in [2.75, 3.05) is 6.61 Å². The summed E-state index contributed by atoms with van der Waals surface area (Å²) in [6.45, 7) is 5.80. The fourth-order valence-corrected chi connectivity index (χ4v) is 3.89. The van der Waals surface area contributed by atoms with E-state index in [0.717, 1.165) is 11.6 Å². The molecular weight excluding hydrogens is 429 g/mol. The molecule has 0 radical (unpaired) electrons. The molecule has 0 aromatic carbocycles. The van der Waals surface area contributed by atoms with E-state index in [4.69, 9.17) is 13.9 Å². The summed E-state index contributed by atoms with van der Waals surface area (Å²) in [5, 5.41) is 41.3. The third-order valence-corrected chi connectivity index (χ3v) is 5.99. The zero-order chi connectivity index (χ0) is 22.7. The number of nitrogens with zero attached hydrogens (tertiary/aromatic N) is 1. The number of oxazole rings is 1. The monoisotopic (exact) mass is 459 g/mol. The Bertz CT molecular complexity index is 823. The van der Waals surface area contributed by atoms with Crippen molar-refractivity contribution in [1.82, 2.24) is 4.98 Å². The van der Waals surface area contributed by atoms with Crippen molar-refractivity contribution >= 4 is 18.1 Å². The second-order valence-corrected chi connectivity index (χ2v) is 8.54. The third kappa shape index (κ3) is 7.23. The number of hydrogen-bond donors (Lipinski definition) is 3. The van der Waals surface area contributed by atoms with Crippen molar-refractivity contribution in [3.05, 3.63) is 29.5 Å². The van der Waals surface area contributed by atoms with Gasteiger partial charge in [0.25, 0.3) is 0 Å². The fraction of sp³-hybridized carbons (Fsp3) is 0.636. The summed E-state index contributed by atoms with van der Waals surface area (Å²) < 4.78 is 16.9. The van der Waals surface area contributed by atoms with Crippen molar-refractivity contribution in [1.29, 1.82) is 0 Å². The molecule has 0 spiro atoms. The third-order valence-electron chi connectivity index (χ3n) is 5.99. The first kappa shape index (κ1) is 27.2. The molecule has 3 rings (SSSR count). The van der Waals surface area contributed by atoms with E-state index in [2.05, 4.69) is 4.98 Å². The summed E-state index contributed by atoms with van der Waals surface area (Å²) in [6, 6.07) is 0. The van der Waals surface area contributed by atoms with Crippen LogP contribution in [0.2, 0.25) is 0 Å². The molecule has 8 atom stereocenters. The van der Waals surface area contributed by atoms with Gasteiger partial charge in [-0.3, -0.25) is 0 Å². The zero-order valence-electron chi connectivity index (χ0n) is 18.9. The molecule has 3 heterocycles. The van der Waals surface area contributed by atoms with Crippen LogP contribution in [0.4, 0.5) is 0 Å². The van der Waals surface area contributed by atoms with E-state index in [9.17, 15) is 25.2 Å². The van der Waals surface area contributed by atoms with E-state index in [1.165, 1.54) is 12.3 Å². The maximum absolute atomic E-state index is 10.6. The van der Waals surface area contributed by atoms with Gasteiger partial charge >= 0.3 is 29.6 Å². The van der Waals surface area contributed by atoms with Crippen molar-refractivity contribution in [3.63, 3.8) is 0 Å². The number of carbonyl (C=O) groups excluding carboxylic acids is 1. The molecule has 0 unspecified atom stereocenters. The van der Waals surface area contributed by atoms with Crippen molar-refractivity contribution in [3.8, 4) is 0 Å². The Balaban J connectivity index is 0.00000363. The van der Waals surface area contributed by atoms with Crippen LogP contribution in [0.1, 0.15) is 45.3 Å². The van der Waals surface area contributed by atoms with Crippen LogP contribution < -0.4 is 34.7 Å². The topological polar surface area (TPSA) is 149 Å². The maximum Gasteiger partial charge on any atom is 1.00 e. The van der Waals surface area contributed by atoms with Gasteiger partial charge in [0.05, 0.1) is 49.3 Å². The molecule has 0 aliphatic carbocycles. The Kier molecular flexibility index (Phi) is 10.1. The van der Waals surface area contributed by atoms with Crippen molar-refractivity contribution in [2.45, 2.75) is 70.2 Å². The van der Waals surface area contributed by atoms with E-state index in [1.54, 1.807) is 13.0 Å². The average molecular weight is 459 g/mol. The number of rotatable bonds is 9. The fourth-order valence-electron chi connectivity index (χ4n) is 3.89. The normalized spacial score (nSPS) is 32.4. The Morgan fingerprint density at radius 1 is 1.31 bits per heavy atom. The molecule has 0 saturated carbocycles. The Labute approximate surface area is 209 Å². The molecule has 2 saturated heterocycles. The van der Waals surface area contributed by atoms with Gasteiger partial charge in [-0.15, -0.1) is 0 Å². The predicted octanol–water partition coefficient (Wildman–Crippen LogP) is -2.85. The second kappa shape index (κ2) is 11.9.